The van der Waals surface area contributed by atoms with Crippen LogP contribution < -0.4 is 9.46 Å². The molecule has 0 atom stereocenters. The Bertz CT molecular complexity index is 1350. The predicted molar refractivity (Wildman–Crippen MR) is 106 cm³/mol. The van der Waals surface area contributed by atoms with Crippen molar-refractivity contribution in [2.45, 2.75) is 4.90 Å². The van der Waals surface area contributed by atoms with Gasteiger partial charge in [-0.25, -0.2) is 21.9 Å². The number of rotatable bonds is 6. The van der Waals surface area contributed by atoms with Crippen LogP contribution in [0, 0.1) is 11.6 Å². The van der Waals surface area contributed by atoms with E-state index in [1.807, 2.05) is 0 Å². The van der Waals surface area contributed by atoms with E-state index < -0.39 is 33.0 Å². The number of nitrogens with one attached hydrogen (secondary N) is 1. The van der Waals surface area contributed by atoms with Crippen LogP contribution in [-0.2, 0) is 10.0 Å². The summed E-state index contributed by atoms with van der Waals surface area (Å²) in [4.78, 5) is 7.56. The molecule has 0 aliphatic rings. The Hall–Kier alpha value is -3.93. The van der Waals surface area contributed by atoms with E-state index in [9.17, 15) is 12.8 Å². The first-order chi connectivity index (χ1) is 14.9. The van der Waals surface area contributed by atoms with Crippen LogP contribution in [0.1, 0.15) is 0 Å². The second-order valence-electron chi connectivity index (χ2n) is 6.21. The fourth-order valence-corrected chi connectivity index (χ4v) is 3.74. The zero-order valence-electron chi connectivity index (χ0n) is 15.9. The Morgan fingerprint density at radius 1 is 1.10 bits per heavy atom. The highest BCUT2D eigenvalue weighted by molar-refractivity contribution is 7.92. The van der Waals surface area contributed by atoms with E-state index in [4.69, 9.17) is 4.74 Å². The summed E-state index contributed by atoms with van der Waals surface area (Å²) in [6.45, 7) is 0. The lowest BCUT2D eigenvalue weighted by Crippen LogP contribution is -2.15. The second kappa shape index (κ2) is 8.07. The summed E-state index contributed by atoms with van der Waals surface area (Å²) in [7, 11) is -2.66. The van der Waals surface area contributed by atoms with Crippen molar-refractivity contribution in [3.8, 4) is 22.7 Å². The molecule has 0 bridgehead atoms. The highest BCUT2D eigenvalue weighted by atomic mass is 32.2. The first kappa shape index (κ1) is 20.3. The lowest BCUT2D eigenvalue weighted by atomic mass is 10.2. The third kappa shape index (κ3) is 4.05. The van der Waals surface area contributed by atoms with Gasteiger partial charge in [-0.05, 0) is 30.3 Å². The molecule has 0 aliphatic carbocycles. The molecule has 4 rings (SSSR count). The number of benzene rings is 1. The van der Waals surface area contributed by atoms with Gasteiger partial charge in [0.15, 0.2) is 11.6 Å². The van der Waals surface area contributed by atoms with Crippen LogP contribution in [0.4, 0.5) is 14.5 Å². The lowest BCUT2D eigenvalue weighted by Gasteiger charge is -2.11. The van der Waals surface area contributed by atoms with Gasteiger partial charge in [-0.2, -0.15) is 0 Å². The largest absolute Gasteiger partial charge is 0.495 e. The van der Waals surface area contributed by atoms with Gasteiger partial charge in [0, 0.05) is 24.2 Å². The van der Waals surface area contributed by atoms with Gasteiger partial charge in [0.2, 0.25) is 0 Å². The molecule has 4 aromatic rings. The summed E-state index contributed by atoms with van der Waals surface area (Å²) >= 11 is 0. The number of aromatic nitrogens is 5. The van der Waals surface area contributed by atoms with Crippen LogP contribution in [0.15, 0.2) is 66.2 Å². The third-order valence-electron chi connectivity index (χ3n) is 4.22. The summed E-state index contributed by atoms with van der Waals surface area (Å²) in [5.74, 6) is -1.65. The molecule has 0 spiro atoms. The molecule has 1 aromatic carbocycles. The molecule has 3 heterocycles. The second-order valence-corrected chi connectivity index (χ2v) is 7.90. The number of nitrogens with zero attached hydrogens (tertiary/aromatic N) is 5. The SMILES string of the molecule is COc1cncc(-c2cn(-c3c(F)ccc(NS(=O)(=O)c4cccnc4)c3F)nn2)c1. The molecule has 1 N–H and O–H groups in total. The summed E-state index contributed by atoms with van der Waals surface area (Å²) in [5, 5.41) is 7.68. The first-order valence-corrected chi connectivity index (χ1v) is 10.2. The molecule has 0 fully saturated rings. The molecule has 158 valence electrons. The average molecular weight is 444 g/mol. The van der Waals surface area contributed by atoms with Crippen molar-refractivity contribution in [1.29, 1.82) is 0 Å². The Morgan fingerprint density at radius 2 is 1.94 bits per heavy atom. The van der Waals surface area contributed by atoms with Gasteiger partial charge in [-0.3, -0.25) is 14.7 Å². The van der Waals surface area contributed by atoms with Gasteiger partial charge in [-0.15, -0.1) is 5.10 Å². The highest BCUT2D eigenvalue weighted by Gasteiger charge is 2.22. The maximum Gasteiger partial charge on any atom is 0.263 e. The Balaban J connectivity index is 1.71. The van der Waals surface area contributed by atoms with E-state index in [0.29, 0.717) is 11.3 Å². The van der Waals surface area contributed by atoms with Gasteiger partial charge in [0.05, 0.1) is 25.2 Å². The average Bonchev–Trinajstić information content (AvgIpc) is 3.26. The zero-order valence-corrected chi connectivity index (χ0v) is 16.7. The molecule has 0 saturated heterocycles. The standard InChI is InChI=1S/C19H14F2N6O3S/c1-30-13-7-12(8-23-9-13)17-11-27(26-24-17)19-15(20)4-5-16(18(19)21)25-31(28,29)14-3-2-6-22-10-14/h2-11,25H,1H3. The van der Waals surface area contributed by atoms with E-state index in [-0.39, 0.29) is 10.6 Å². The van der Waals surface area contributed by atoms with Crippen molar-refractivity contribution in [2.75, 3.05) is 11.8 Å². The van der Waals surface area contributed by atoms with Gasteiger partial charge in [0.25, 0.3) is 10.0 Å². The smallest absolute Gasteiger partial charge is 0.263 e. The summed E-state index contributed by atoms with van der Waals surface area (Å²) in [5.41, 5.74) is -0.257. The minimum Gasteiger partial charge on any atom is -0.495 e. The fourth-order valence-electron chi connectivity index (χ4n) is 2.72. The first-order valence-electron chi connectivity index (χ1n) is 8.72. The van der Waals surface area contributed by atoms with Gasteiger partial charge >= 0.3 is 0 Å². The summed E-state index contributed by atoms with van der Waals surface area (Å²) in [6.07, 6.45) is 6.77. The van der Waals surface area contributed by atoms with E-state index in [0.717, 1.165) is 23.0 Å². The van der Waals surface area contributed by atoms with Crippen LogP contribution in [0.5, 0.6) is 5.75 Å². The van der Waals surface area contributed by atoms with Crippen molar-refractivity contribution >= 4 is 15.7 Å². The Morgan fingerprint density at radius 3 is 2.68 bits per heavy atom. The highest BCUT2D eigenvalue weighted by Crippen LogP contribution is 2.28. The summed E-state index contributed by atoms with van der Waals surface area (Å²) in [6, 6.07) is 6.25. The number of pyridine rings is 2. The van der Waals surface area contributed by atoms with Gasteiger partial charge in [-0.1, -0.05) is 5.21 Å². The molecule has 12 heteroatoms. The molecule has 0 saturated carbocycles. The molecule has 0 unspecified atom stereocenters. The van der Waals surface area contributed by atoms with Crippen molar-refractivity contribution in [3.05, 3.63) is 73.0 Å². The van der Waals surface area contributed by atoms with E-state index in [1.54, 1.807) is 6.07 Å². The summed E-state index contributed by atoms with van der Waals surface area (Å²) < 4.78 is 62.6. The third-order valence-corrected chi connectivity index (χ3v) is 5.57. The van der Waals surface area contributed by atoms with Crippen molar-refractivity contribution < 1.29 is 21.9 Å². The number of methoxy groups -OCH3 is 1. The maximum atomic E-state index is 15.1. The van der Waals surface area contributed by atoms with Gasteiger partial charge < -0.3 is 4.74 Å². The Labute approximate surface area is 175 Å². The minimum atomic E-state index is -4.14. The van der Waals surface area contributed by atoms with Crippen LogP contribution >= 0.6 is 0 Å². The minimum absolute atomic E-state index is 0.172. The molecule has 0 aliphatic heterocycles. The lowest BCUT2D eigenvalue weighted by molar-refractivity contribution is 0.413. The van der Waals surface area contributed by atoms with Gasteiger partial charge in [0.1, 0.15) is 22.0 Å². The number of sulfonamides is 1. The molecule has 0 radical (unpaired) electrons. The number of anilines is 1. The van der Waals surface area contributed by atoms with Crippen molar-refractivity contribution in [2.24, 2.45) is 0 Å². The number of ether oxygens (including phenoxy) is 1. The fraction of sp³-hybridized carbons (Fsp3) is 0.0526. The van der Waals surface area contributed by atoms with Crippen LogP contribution in [0.25, 0.3) is 16.9 Å². The number of hydrogen-bond acceptors (Lipinski definition) is 7. The molecule has 3 aromatic heterocycles. The topological polar surface area (TPSA) is 112 Å². The monoisotopic (exact) mass is 444 g/mol. The maximum absolute atomic E-state index is 15.1. The predicted octanol–water partition coefficient (Wildman–Crippen LogP) is 2.81. The molecule has 31 heavy (non-hydrogen) atoms. The normalized spacial score (nSPS) is 11.3. The van der Waals surface area contributed by atoms with Crippen LogP contribution in [0.2, 0.25) is 0 Å². The molecule has 9 nitrogen and oxygen atoms in total. The van der Waals surface area contributed by atoms with E-state index >= 15 is 4.39 Å². The molecule has 0 amide bonds. The van der Waals surface area contributed by atoms with Crippen molar-refractivity contribution in [3.63, 3.8) is 0 Å². The van der Waals surface area contributed by atoms with Crippen LogP contribution in [0.3, 0.4) is 0 Å². The zero-order chi connectivity index (χ0) is 22.0. The molecular formula is C19H14F2N6O3S. The van der Waals surface area contributed by atoms with Crippen molar-refractivity contribution in [1.82, 2.24) is 25.0 Å². The number of halogens is 2. The van der Waals surface area contributed by atoms with Crippen LogP contribution in [-0.4, -0.2) is 40.5 Å². The number of hydrogen-bond donors (Lipinski definition) is 1. The van der Waals surface area contributed by atoms with E-state index in [2.05, 4.69) is 25.0 Å². The quantitative estimate of drug-likeness (QED) is 0.487. The van der Waals surface area contributed by atoms with E-state index in [1.165, 1.54) is 44.0 Å². The Kier molecular flexibility index (Phi) is 5.29. The molecular weight excluding hydrogens is 430 g/mol.